The predicted molar refractivity (Wildman–Crippen MR) is 123 cm³/mol. The van der Waals surface area contributed by atoms with E-state index in [1.54, 1.807) is 44.6 Å². The van der Waals surface area contributed by atoms with Crippen LogP contribution in [0.15, 0.2) is 83.3 Å². The van der Waals surface area contributed by atoms with Gasteiger partial charge in [-0.15, -0.1) is 0 Å². The van der Waals surface area contributed by atoms with Crippen molar-refractivity contribution in [1.29, 1.82) is 0 Å². The number of phenols is 1. The highest BCUT2D eigenvalue weighted by Crippen LogP contribution is 2.31. The maximum Gasteiger partial charge on any atom is 0.291 e. The number of hydrogen-bond acceptors (Lipinski definition) is 5. The molecule has 0 saturated carbocycles. The molecule has 0 unspecified atom stereocenters. The number of carbonyl (C=O) groups is 1. The van der Waals surface area contributed by atoms with Crippen LogP contribution in [0.2, 0.25) is 0 Å². The van der Waals surface area contributed by atoms with Gasteiger partial charge in [0, 0.05) is 12.0 Å². The lowest BCUT2D eigenvalue weighted by Crippen LogP contribution is -2.11. The second-order valence-electron chi connectivity index (χ2n) is 7.17. The van der Waals surface area contributed by atoms with Gasteiger partial charge in [0.05, 0.1) is 19.9 Å². The number of benzene rings is 3. The van der Waals surface area contributed by atoms with E-state index in [0.29, 0.717) is 29.4 Å². The summed E-state index contributed by atoms with van der Waals surface area (Å²) in [4.78, 5) is 12.7. The van der Waals surface area contributed by atoms with Gasteiger partial charge in [-0.25, -0.2) is 0 Å². The molecule has 6 nitrogen and oxygen atoms in total. The van der Waals surface area contributed by atoms with Crippen LogP contribution in [-0.2, 0) is 6.42 Å². The molecule has 162 valence electrons. The Bertz CT molecular complexity index is 1230. The maximum absolute atomic E-state index is 12.7. The summed E-state index contributed by atoms with van der Waals surface area (Å²) >= 11 is 0. The maximum atomic E-state index is 12.7. The Labute approximate surface area is 186 Å². The van der Waals surface area contributed by atoms with Crippen LogP contribution in [-0.4, -0.2) is 25.2 Å². The van der Waals surface area contributed by atoms with Crippen LogP contribution in [0.5, 0.6) is 17.2 Å². The number of carbonyl (C=O) groups excluding carboxylic acids is 1. The van der Waals surface area contributed by atoms with E-state index in [2.05, 4.69) is 5.32 Å². The summed E-state index contributed by atoms with van der Waals surface area (Å²) in [6, 6.07) is 23.7. The summed E-state index contributed by atoms with van der Waals surface area (Å²) < 4.78 is 16.4. The van der Waals surface area contributed by atoms with Crippen molar-refractivity contribution in [3.63, 3.8) is 0 Å². The van der Waals surface area contributed by atoms with Crippen molar-refractivity contribution in [1.82, 2.24) is 0 Å². The summed E-state index contributed by atoms with van der Waals surface area (Å²) in [5.74, 6) is 1.69. The van der Waals surface area contributed by atoms with E-state index >= 15 is 0 Å². The standard InChI is InChI=1S/C26H23NO5/c1-30-20-9-12-24(31-2)19(14-20)15-21-10-13-25(32-21)26(29)27-22-16-18(8-11-23(22)28)17-6-4-3-5-7-17/h3-14,16,28H,15H2,1-2H3,(H,27,29). The normalized spacial score (nSPS) is 10.6. The second-order valence-corrected chi connectivity index (χ2v) is 7.17. The molecule has 0 saturated heterocycles. The third-order valence-electron chi connectivity index (χ3n) is 5.09. The Hall–Kier alpha value is -4.19. The fourth-order valence-electron chi connectivity index (χ4n) is 3.43. The van der Waals surface area contributed by atoms with Gasteiger partial charge in [-0.3, -0.25) is 4.79 Å². The van der Waals surface area contributed by atoms with Gasteiger partial charge >= 0.3 is 0 Å². The highest BCUT2D eigenvalue weighted by atomic mass is 16.5. The molecule has 0 aliphatic carbocycles. The van der Waals surface area contributed by atoms with Crippen LogP contribution in [0.4, 0.5) is 5.69 Å². The summed E-state index contributed by atoms with van der Waals surface area (Å²) in [5.41, 5.74) is 3.05. The molecule has 0 atom stereocenters. The van der Waals surface area contributed by atoms with Gasteiger partial charge in [-0.1, -0.05) is 36.4 Å². The topological polar surface area (TPSA) is 80.9 Å². The van der Waals surface area contributed by atoms with Crippen LogP contribution in [0.1, 0.15) is 21.9 Å². The number of furan rings is 1. The summed E-state index contributed by atoms with van der Waals surface area (Å²) in [6.45, 7) is 0. The lowest BCUT2D eigenvalue weighted by atomic mass is 10.0. The van der Waals surface area contributed by atoms with Gasteiger partial charge in [0.2, 0.25) is 0 Å². The third-order valence-corrected chi connectivity index (χ3v) is 5.09. The lowest BCUT2D eigenvalue weighted by Gasteiger charge is -2.10. The second kappa shape index (κ2) is 9.31. The number of phenolic OH excluding ortho intramolecular Hbond substituents is 1. The molecule has 1 heterocycles. The van der Waals surface area contributed by atoms with Crippen molar-refractivity contribution in [2.45, 2.75) is 6.42 Å². The van der Waals surface area contributed by atoms with E-state index in [1.165, 1.54) is 0 Å². The van der Waals surface area contributed by atoms with Crippen molar-refractivity contribution in [2.24, 2.45) is 0 Å². The molecule has 6 heteroatoms. The first-order valence-corrected chi connectivity index (χ1v) is 10.1. The first kappa shape index (κ1) is 21.1. The zero-order valence-electron chi connectivity index (χ0n) is 17.8. The predicted octanol–water partition coefficient (Wildman–Crippen LogP) is 5.51. The molecule has 0 radical (unpaired) electrons. The van der Waals surface area contributed by atoms with Crippen LogP contribution in [0.3, 0.4) is 0 Å². The minimum atomic E-state index is -0.450. The van der Waals surface area contributed by atoms with Gasteiger partial charge in [-0.2, -0.15) is 0 Å². The Morgan fingerprint density at radius 1 is 0.906 bits per heavy atom. The van der Waals surface area contributed by atoms with Crippen LogP contribution in [0, 0.1) is 0 Å². The molecule has 0 bridgehead atoms. The largest absolute Gasteiger partial charge is 0.506 e. The van der Waals surface area contributed by atoms with E-state index in [0.717, 1.165) is 16.7 Å². The number of amides is 1. The summed E-state index contributed by atoms with van der Waals surface area (Å²) in [5, 5.41) is 12.9. The van der Waals surface area contributed by atoms with E-state index in [1.807, 2.05) is 48.5 Å². The Morgan fingerprint density at radius 3 is 2.47 bits per heavy atom. The molecule has 0 aliphatic rings. The third kappa shape index (κ3) is 4.59. The number of hydrogen-bond donors (Lipinski definition) is 2. The Morgan fingerprint density at radius 2 is 1.72 bits per heavy atom. The van der Waals surface area contributed by atoms with Gasteiger partial charge < -0.3 is 24.3 Å². The molecular weight excluding hydrogens is 406 g/mol. The van der Waals surface area contributed by atoms with Crippen LogP contribution < -0.4 is 14.8 Å². The first-order chi connectivity index (χ1) is 15.6. The van der Waals surface area contributed by atoms with Gasteiger partial charge in [0.25, 0.3) is 5.91 Å². The lowest BCUT2D eigenvalue weighted by molar-refractivity contribution is 0.0994. The van der Waals surface area contributed by atoms with Gasteiger partial charge in [0.1, 0.15) is 23.0 Å². The number of ether oxygens (including phenoxy) is 2. The number of rotatable bonds is 7. The molecule has 3 aromatic carbocycles. The smallest absolute Gasteiger partial charge is 0.291 e. The summed E-state index contributed by atoms with van der Waals surface area (Å²) in [6.07, 6.45) is 0.433. The zero-order valence-corrected chi connectivity index (χ0v) is 17.8. The van der Waals surface area contributed by atoms with Crippen molar-refractivity contribution < 1.29 is 23.8 Å². The molecule has 0 fully saturated rings. The van der Waals surface area contributed by atoms with Crippen molar-refractivity contribution in [3.05, 3.63) is 95.9 Å². The number of methoxy groups -OCH3 is 2. The molecule has 0 aliphatic heterocycles. The van der Waals surface area contributed by atoms with Gasteiger partial charge in [-0.05, 0) is 53.6 Å². The van der Waals surface area contributed by atoms with Crippen LogP contribution >= 0.6 is 0 Å². The van der Waals surface area contributed by atoms with Crippen molar-refractivity contribution >= 4 is 11.6 Å². The summed E-state index contributed by atoms with van der Waals surface area (Å²) in [7, 11) is 3.20. The highest BCUT2D eigenvalue weighted by molar-refractivity contribution is 6.03. The monoisotopic (exact) mass is 429 g/mol. The average Bonchev–Trinajstić information content (AvgIpc) is 3.29. The van der Waals surface area contributed by atoms with Gasteiger partial charge in [0.15, 0.2) is 5.76 Å². The molecule has 4 rings (SSSR count). The number of aromatic hydroxyl groups is 1. The zero-order chi connectivity index (χ0) is 22.5. The minimum Gasteiger partial charge on any atom is -0.506 e. The van der Waals surface area contributed by atoms with E-state index in [-0.39, 0.29) is 11.5 Å². The van der Waals surface area contributed by atoms with Crippen molar-refractivity contribution in [2.75, 3.05) is 19.5 Å². The fourth-order valence-corrected chi connectivity index (χ4v) is 3.43. The van der Waals surface area contributed by atoms with Crippen LogP contribution in [0.25, 0.3) is 11.1 Å². The van der Waals surface area contributed by atoms with E-state index < -0.39 is 5.91 Å². The number of anilines is 1. The molecule has 32 heavy (non-hydrogen) atoms. The Kier molecular flexibility index (Phi) is 6.12. The van der Waals surface area contributed by atoms with Crippen molar-refractivity contribution in [3.8, 4) is 28.4 Å². The molecule has 2 N–H and O–H groups in total. The molecule has 1 amide bonds. The fraction of sp³-hybridized carbons (Fsp3) is 0.115. The highest BCUT2D eigenvalue weighted by Gasteiger charge is 2.16. The Balaban J connectivity index is 1.52. The average molecular weight is 429 g/mol. The minimum absolute atomic E-state index is 0.0223. The molecule has 4 aromatic rings. The number of nitrogens with one attached hydrogen (secondary N) is 1. The molecule has 0 spiro atoms. The first-order valence-electron chi connectivity index (χ1n) is 10.1. The quantitative estimate of drug-likeness (QED) is 0.379. The molecule has 1 aromatic heterocycles. The molecular formula is C26H23NO5. The van der Waals surface area contributed by atoms with E-state index in [9.17, 15) is 9.90 Å². The SMILES string of the molecule is COc1ccc(OC)c(Cc2ccc(C(=O)Nc3cc(-c4ccccc4)ccc3O)o2)c1. The van der Waals surface area contributed by atoms with E-state index in [4.69, 9.17) is 13.9 Å².